The number of likely N-dealkylation sites (tertiary alicyclic amines) is 1. The normalized spacial score (nSPS) is 15.6. The van der Waals surface area contributed by atoms with Crippen LogP contribution < -0.4 is 21.8 Å². The van der Waals surface area contributed by atoms with Crippen molar-refractivity contribution in [1.82, 2.24) is 20.6 Å². The molecule has 0 bridgehead atoms. The molecule has 198 valence electrons. The molecule has 1 aliphatic rings. The Morgan fingerprint density at radius 1 is 1.08 bits per heavy atom. The van der Waals surface area contributed by atoms with Crippen LogP contribution in [0.15, 0.2) is 48.5 Å². The van der Waals surface area contributed by atoms with Crippen LogP contribution in [0.25, 0.3) is 0 Å². The highest BCUT2D eigenvalue weighted by Crippen LogP contribution is 2.14. The third-order valence-electron chi connectivity index (χ3n) is 5.98. The van der Waals surface area contributed by atoms with Crippen LogP contribution in [0.2, 0.25) is 0 Å². The minimum absolute atomic E-state index is 0. The van der Waals surface area contributed by atoms with E-state index in [1.54, 1.807) is 24.3 Å². The number of nitrogens with two attached hydrogens (primary N) is 1. The molecular weight excluding hydrogens is 472 g/mol. The summed E-state index contributed by atoms with van der Waals surface area (Å²) in [6.45, 7) is 2.04. The van der Waals surface area contributed by atoms with E-state index in [-0.39, 0.29) is 19.9 Å². The molecule has 0 spiro atoms. The van der Waals surface area contributed by atoms with E-state index in [4.69, 9.17) is 10.9 Å². The maximum Gasteiger partial charge on any atom is 0.267 e. The zero-order valence-corrected chi connectivity index (χ0v) is 20.5. The third kappa shape index (κ3) is 8.70. The first-order valence-corrected chi connectivity index (χ1v) is 11.6. The minimum atomic E-state index is -1.04. The van der Waals surface area contributed by atoms with Gasteiger partial charge in [0.15, 0.2) is 0 Å². The fraction of sp³-hybridized carbons (Fsp3) is 0.370. The smallest absolute Gasteiger partial charge is 0.267 e. The van der Waals surface area contributed by atoms with Crippen LogP contribution in [-0.4, -0.2) is 85.1 Å². The summed E-state index contributed by atoms with van der Waals surface area (Å²) in [6, 6.07) is 13.3. The Hall–Kier alpha value is -3.75. The second-order valence-electron chi connectivity index (χ2n) is 8.83. The van der Waals surface area contributed by atoms with Gasteiger partial charge in [-0.2, -0.15) is 0 Å². The first-order chi connectivity index (χ1) is 17.3. The molecule has 37 heavy (non-hydrogen) atoms. The van der Waals surface area contributed by atoms with E-state index in [0.717, 1.165) is 30.8 Å². The monoisotopic (exact) mass is 508 g/mol. The molecule has 10 nitrogen and oxygen atoms in total. The van der Waals surface area contributed by atoms with Gasteiger partial charge in [0.2, 0.25) is 5.91 Å². The van der Waals surface area contributed by atoms with Crippen molar-refractivity contribution in [1.29, 1.82) is 0 Å². The molecule has 0 unspecified atom stereocenters. The lowest BCUT2D eigenvalue weighted by atomic mass is 10.1. The Bertz CT molecular complexity index is 1120. The van der Waals surface area contributed by atoms with Crippen molar-refractivity contribution in [2.24, 2.45) is 5.73 Å². The molecule has 2 aromatic rings. The fourth-order valence-electron chi connectivity index (χ4n) is 3.82. The second-order valence-corrected chi connectivity index (χ2v) is 8.83. The van der Waals surface area contributed by atoms with E-state index in [0.29, 0.717) is 23.7 Å². The Labute approximate surface area is 218 Å². The van der Waals surface area contributed by atoms with Crippen molar-refractivity contribution in [3.8, 4) is 11.8 Å². The molecular formula is C27H36N6O4. The van der Waals surface area contributed by atoms with Gasteiger partial charge in [0.05, 0.1) is 6.54 Å². The number of nitrogens with one attached hydrogen (secondary N) is 3. The van der Waals surface area contributed by atoms with Crippen molar-refractivity contribution < 1.29 is 19.6 Å². The van der Waals surface area contributed by atoms with Gasteiger partial charge in [0.25, 0.3) is 11.8 Å². The molecule has 3 rings (SSSR count). The maximum absolute atomic E-state index is 12.4. The molecule has 1 heterocycles. The van der Waals surface area contributed by atoms with E-state index < -0.39 is 17.9 Å². The maximum atomic E-state index is 12.4. The summed E-state index contributed by atoms with van der Waals surface area (Å²) in [7, 11) is 4.13. The number of carbonyl (C=O) groups excluding carboxylic acids is 3. The summed E-state index contributed by atoms with van der Waals surface area (Å²) >= 11 is 0. The van der Waals surface area contributed by atoms with Crippen LogP contribution in [0.3, 0.4) is 0 Å². The van der Waals surface area contributed by atoms with Gasteiger partial charge in [-0.05, 0) is 69.0 Å². The van der Waals surface area contributed by atoms with Crippen LogP contribution in [0.4, 0.5) is 5.69 Å². The number of rotatable bonds is 8. The molecule has 1 aliphatic heterocycles. The predicted octanol–water partition coefficient (Wildman–Crippen LogP) is 0.859. The number of benzene rings is 2. The van der Waals surface area contributed by atoms with E-state index in [1.807, 2.05) is 24.3 Å². The highest BCUT2D eigenvalue weighted by atomic mass is 16.5. The van der Waals surface area contributed by atoms with Gasteiger partial charge < -0.3 is 21.3 Å². The number of carbonyl (C=O) groups is 3. The lowest BCUT2D eigenvalue weighted by Crippen LogP contribution is -2.50. The van der Waals surface area contributed by atoms with E-state index in [9.17, 15) is 14.4 Å². The van der Waals surface area contributed by atoms with Crippen LogP contribution >= 0.6 is 0 Å². The average Bonchev–Trinajstić information content (AvgIpc) is 3.35. The number of hydrogen-bond donors (Lipinski definition) is 5. The Kier molecular flexibility index (Phi) is 11.2. The van der Waals surface area contributed by atoms with Crippen LogP contribution in [0, 0.1) is 11.8 Å². The van der Waals surface area contributed by atoms with E-state index in [1.165, 1.54) is 5.48 Å². The molecule has 3 amide bonds. The van der Waals surface area contributed by atoms with E-state index in [2.05, 4.69) is 46.4 Å². The molecule has 10 heteroatoms. The van der Waals surface area contributed by atoms with Crippen molar-refractivity contribution in [3.05, 3.63) is 65.2 Å². The summed E-state index contributed by atoms with van der Waals surface area (Å²) < 4.78 is 0. The molecule has 0 aliphatic carbocycles. The number of nitrogens with zero attached hydrogens (tertiary/aromatic N) is 2. The lowest BCUT2D eigenvalue weighted by molar-refractivity contribution is -0.130. The molecule has 0 aromatic heterocycles. The van der Waals surface area contributed by atoms with Gasteiger partial charge in [0.1, 0.15) is 6.04 Å². The number of likely N-dealkylation sites (N-methyl/N-ethyl adjacent to an activating group) is 1. The van der Waals surface area contributed by atoms with Crippen LogP contribution in [-0.2, 0) is 9.59 Å². The zero-order chi connectivity index (χ0) is 26.1. The predicted molar refractivity (Wildman–Crippen MR) is 143 cm³/mol. The van der Waals surface area contributed by atoms with E-state index >= 15 is 0 Å². The number of hydrogen-bond acceptors (Lipinski definition) is 7. The van der Waals surface area contributed by atoms with Gasteiger partial charge in [-0.15, -0.1) is 0 Å². The highest BCUT2D eigenvalue weighted by molar-refractivity contribution is 5.97. The van der Waals surface area contributed by atoms with Gasteiger partial charge in [-0.25, -0.2) is 5.48 Å². The zero-order valence-electron chi connectivity index (χ0n) is 20.5. The Morgan fingerprint density at radius 2 is 1.68 bits per heavy atom. The molecule has 1 saturated heterocycles. The quantitative estimate of drug-likeness (QED) is 0.202. The minimum Gasteiger partial charge on any atom is -0.339 e. The van der Waals surface area contributed by atoms with Crippen LogP contribution in [0.1, 0.15) is 35.3 Å². The standard InChI is InChI=1S/C26H32N6O4.CH4/c1-31(2)22-13-14-32(16-22)17-24(33)28-21-11-7-19(8-12-21)4-3-18-5-9-20(10-6-18)25(34)29-23(15-27)26(35)30-36;/h5-12,22-23,36H,13-17,27H2,1-2H3,(H,28,33)(H,29,34)(H,30,35);1H4/t22-,23+;/m1./s1. The fourth-order valence-corrected chi connectivity index (χ4v) is 3.82. The summed E-state index contributed by atoms with van der Waals surface area (Å²) in [6.07, 6.45) is 1.07. The number of amides is 3. The average molecular weight is 509 g/mol. The summed E-state index contributed by atoms with van der Waals surface area (Å²) in [5, 5.41) is 14.1. The van der Waals surface area contributed by atoms with Gasteiger partial charge in [-0.3, -0.25) is 24.5 Å². The third-order valence-corrected chi connectivity index (χ3v) is 5.98. The first-order valence-electron chi connectivity index (χ1n) is 11.6. The highest BCUT2D eigenvalue weighted by Gasteiger charge is 2.25. The Morgan fingerprint density at radius 3 is 2.19 bits per heavy atom. The summed E-state index contributed by atoms with van der Waals surface area (Å²) in [5.41, 5.74) is 9.45. The SMILES string of the molecule is C.CN(C)[C@@H]1CCN(CC(=O)Nc2ccc(C#Cc3ccc(C(=O)N[C@@H](CN)C(=O)NO)cc3)cc2)C1. The van der Waals surface area contributed by atoms with Crippen molar-refractivity contribution in [3.63, 3.8) is 0 Å². The molecule has 0 saturated carbocycles. The van der Waals surface area contributed by atoms with Gasteiger partial charge in [0, 0.05) is 48.1 Å². The summed E-state index contributed by atoms with van der Waals surface area (Å²) in [5.74, 6) is 4.77. The van der Waals surface area contributed by atoms with Crippen molar-refractivity contribution in [2.45, 2.75) is 25.9 Å². The Balaban J connectivity index is 0.00000481. The largest absolute Gasteiger partial charge is 0.339 e. The van der Waals surface area contributed by atoms with Crippen molar-refractivity contribution >= 4 is 23.4 Å². The second kappa shape index (κ2) is 14.1. The van der Waals surface area contributed by atoms with Gasteiger partial charge >= 0.3 is 0 Å². The number of anilines is 1. The topological polar surface area (TPSA) is 140 Å². The molecule has 2 aromatic carbocycles. The van der Waals surface area contributed by atoms with Crippen molar-refractivity contribution in [2.75, 3.05) is 45.6 Å². The number of hydroxylamine groups is 1. The lowest BCUT2D eigenvalue weighted by Gasteiger charge is -2.20. The molecule has 2 atom stereocenters. The molecule has 0 radical (unpaired) electrons. The van der Waals surface area contributed by atoms with Gasteiger partial charge in [-0.1, -0.05) is 19.3 Å². The molecule has 1 fully saturated rings. The van der Waals surface area contributed by atoms with Crippen LogP contribution in [0.5, 0.6) is 0 Å². The first kappa shape index (κ1) is 29.5. The summed E-state index contributed by atoms with van der Waals surface area (Å²) in [4.78, 5) is 40.5. The molecule has 6 N–H and O–H groups in total.